The lowest BCUT2D eigenvalue weighted by Crippen LogP contribution is -2.72. The average molecular weight is 422 g/mol. The van der Waals surface area contributed by atoms with Gasteiger partial charge in [-0.15, -0.1) is 0 Å². The highest BCUT2D eigenvalue weighted by Gasteiger charge is 2.50. The fourth-order valence-corrected chi connectivity index (χ4v) is 5.70. The van der Waals surface area contributed by atoms with Crippen LogP contribution in [0.4, 0.5) is 0 Å². The van der Waals surface area contributed by atoms with Crippen molar-refractivity contribution >= 4 is 17.4 Å². The van der Waals surface area contributed by atoms with Gasteiger partial charge in [0.1, 0.15) is 4.88 Å². The Morgan fingerprint density at radius 2 is 2.00 bits per heavy atom. The van der Waals surface area contributed by atoms with Gasteiger partial charge < -0.3 is 10.2 Å². The van der Waals surface area contributed by atoms with Gasteiger partial charge in [0.2, 0.25) is 0 Å². The number of hydrogen-bond donors (Lipinski definition) is 1. The molecule has 6 nitrogen and oxygen atoms in total. The zero-order valence-electron chi connectivity index (χ0n) is 17.0. The van der Waals surface area contributed by atoms with E-state index in [-0.39, 0.29) is 11.4 Å². The van der Waals surface area contributed by atoms with Crippen molar-refractivity contribution in [3.05, 3.63) is 53.0 Å². The van der Waals surface area contributed by atoms with Gasteiger partial charge in [0, 0.05) is 50.4 Å². The zero-order chi connectivity index (χ0) is 20.6. The molecule has 156 valence electrons. The third kappa shape index (κ3) is 3.76. The largest absolute Gasteiger partial charge is 0.334 e. The van der Waals surface area contributed by atoms with Crippen LogP contribution < -0.4 is 5.32 Å². The van der Waals surface area contributed by atoms with Crippen molar-refractivity contribution < 1.29 is 4.79 Å². The molecule has 1 aromatic heterocycles. The second-order valence-corrected chi connectivity index (χ2v) is 9.72. The second kappa shape index (κ2) is 8.10. The van der Waals surface area contributed by atoms with E-state index < -0.39 is 0 Å². The molecule has 3 aliphatic rings. The molecule has 1 N–H and O–H groups in total. The van der Waals surface area contributed by atoms with Crippen molar-refractivity contribution in [1.29, 1.82) is 5.26 Å². The van der Waals surface area contributed by atoms with E-state index in [0.717, 1.165) is 25.9 Å². The summed E-state index contributed by atoms with van der Waals surface area (Å²) >= 11 is 1.24. The van der Waals surface area contributed by atoms with E-state index >= 15 is 0 Å². The third-order valence-corrected chi connectivity index (χ3v) is 7.68. The first-order valence-corrected chi connectivity index (χ1v) is 11.6. The van der Waals surface area contributed by atoms with Gasteiger partial charge in [-0.05, 0) is 42.4 Å². The lowest BCUT2D eigenvalue weighted by Gasteiger charge is -2.56. The number of amides is 1. The van der Waals surface area contributed by atoms with Gasteiger partial charge in [0.25, 0.3) is 5.91 Å². The molecular formula is C23H27N5OS. The Labute approximate surface area is 181 Å². The van der Waals surface area contributed by atoms with E-state index in [0.29, 0.717) is 42.4 Å². The Morgan fingerprint density at radius 1 is 1.23 bits per heavy atom. The molecule has 0 unspecified atom stereocenters. The third-order valence-electron chi connectivity index (χ3n) is 6.95. The first-order valence-electron chi connectivity index (χ1n) is 10.8. The van der Waals surface area contributed by atoms with Crippen LogP contribution in [0.25, 0.3) is 0 Å². The van der Waals surface area contributed by atoms with Crippen LogP contribution in [0.5, 0.6) is 0 Å². The summed E-state index contributed by atoms with van der Waals surface area (Å²) in [6.07, 6.45) is 5.59. The van der Waals surface area contributed by atoms with Gasteiger partial charge >= 0.3 is 0 Å². The van der Waals surface area contributed by atoms with E-state index in [1.165, 1.54) is 23.5 Å². The number of piperidine rings is 1. The normalized spacial score (nSPS) is 26.0. The van der Waals surface area contributed by atoms with Crippen molar-refractivity contribution in [2.75, 3.05) is 26.2 Å². The molecule has 1 aromatic carbocycles. The maximum atomic E-state index is 12.6. The van der Waals surface area contributed by atoms with Gasteiger partial charge in [-0.25, -0.2) is 4.37 Å². The smallest absolute Gasteiger partial charge is 0.265 e. The highest BCUT2D eigenvalue weighted by atomic mass is 32.1. The van der Waals surface area contributed by atoms with Gasteiger partial charge in [0.15, 0.2) is 0 Å². The van der Waals surface area contributed by atoms with Crippen LogP contribution >= 0.6 is 11.5 Å². The lowest BCUT2D eigenvalue weighted by atomic mass is 9.82. The van der Waals surface area contributed by atoms with Gasteiger partial charge in [-0.2, -0.15) is 5.26 Å². The first kappa shape index (κ1) is 19.7. The molecular weight excluding hydrogens is 394 g/mol. The number of nitriles is 1. The second-order valence-electron chi connectivity index (χ2n) is 8.88. The van der Waals surface area contributed by atoms with Gasteiger partial charge in [-0.3, -0.25) is 9.69 Å². The minimum Gasteiger partial charge on any atom is -0.334 e. The van der Waals surface area contributed by atoms with E-state index in [4.69, 9.17) is 0 Å². The maximum Gasteiger partial charge on any atom is 0.265 e. The van der Waals surface area contributed by atoms with Crippen molar-refractivity contribution in [3.8, 4) is 6.07 Å². The minimum absolute atomic E-state index is 0.0447. The lowest BCUT2D eigenvalue weighted by molar-refractivity contribution is -0.0495. The van der Waals surface area contributed by atoms with Crippen LogP contribution in [0.3, 0.4) is 0 Å². The molecule has 5 rings (SSSR count). The highest BCUT2D eigenvalue weighted by molar-refractivity contribution is 7.08. The number of hydrogen-bond acceptors (Lipinski definition) is 6. The molecule has 7 heteroatoms. The molecule has 2 atom stereocenters. The number of rotatable bonds is 6. The van der Waals surface area contributed by atoms with Crippen LogP contribution in [0.2, 0.25) is 0 Å². The number of likely N-dealkylation sites (tertiary alicyclic amines) is 2. The number of carbonyl (C=O) groups is 1. The summed E-state index contributed by atoms with van der Waals surface area (Å²) in [5.74, 6) is 0.704. The number of nitrogens with one attached hydrogen (secondary N) is 1. The molecule has 0 bridgehead atoms. The fourth-order valence-electron chi connectivity index (χ4n) is 5.13. The van der Waals surface area contributed by atoms with E-state index in [2.05, 4.69) is 51.0 Å². The molecule has 1 aliphatic carbocycles. The number of benzene rings is 1. The molecule has 0 spiro atoms. The van der Waals surface area contributed by atoms with E-state index in [1.54, 1.807) is 12.3 Å². The predicted octanol–water partition coefficient (Wildman–Crippen LogP) is 2.86. The Kier molecular flexibility index (Phi) is 5.32. The Hall–Kier alpha value is -2.27. The van der Waals surface area contributed by atoms with Crippen molar-refractivity contribution in [2.45, 2.75) is 49.2 Å². The summed E-state index contributed by atoms with van der Waals surface area (Å²) in [6.45, 7) is 3.28. The molecule has 30 heavy (non-hydrogen) atoms. The Balaban J connectivity index is 1.13. The molecule has 2 aliphatic heterocycles. The van der Waals surface area contributed by atoms with Crippen molar-refractivity contribution in [1.82, 2.24) is 19.5 Å². The van der Waals surface area contributed by atoms with Crippen molar-refractivity contribution in [3.63, 3.8) is 0 Å². The predicted molar refractivity (Wildman–Crippen MR) is 116 cm³/mol. The molecule has 1 saturated carbocycles. The van der Waals surface area contributed by atoms with Crippen LogP contribution in [0.1, 0.15) is 46.8 Å². The molecule has 2 aromatic rings. The first-order chi connectivity index (χ1) is 14.7. The quantitative estimate of drug-likeness (QED) is 0.777. The minimum atomic E-state index is -0.174. The summed E-state index contributed by atoms with van der Waals surface area (Å²) in [6, 6.07) is 16.1. The van der Waals surface area contributed by atoms with Crippen LogP contribution in [-0.2, 0) is 0 Å². The molecule has 2 saturated heterocycles. The molecule has 3 heterocycles. The standard InChI is InChI=1S/C23H27N5OS/c24-10-9-23(15-27(16-23)22(29)21-6-11-25-30-21)28-12-7-18(8-13-28)26-20-14-19(20)17-4-2-1-3-5-17/h1-6,11,18-20,26H,7-9,12-16H2/t19-,20+/m0/s1. The number of carbonyl (C=O) groups excluding carboxylic acids is 1. The van der Waals surface area contributed by atoms with E-state index in [1.807, 2.05) is 4.90 Å². The Bertz CT molecular complexity index is 911. The monoisotopic (exact) mass is 421 g/mol. The summed E-state index contributed by atoms with van der Waals surface area (Å²) in [5.41, 5.74) is 1.27. The summed E-state index contributed by atoms with van der Waals surface area (Å²) in [7, 11) is 0. The number of aromatic nitrogens is 1. The summed E-state index contributed by atoms with van der Waals surface area (Å²) in [5, 5.41) is 13.3. The maximum absolute atomic E-state index is 12.6. The summed E-state index contributed by atoms with van der Waals surface area (Å²) in [4.78, 5) is 17.6. The van der Waals surface area contributed by atoms with Gasteiger partial charge in [0.05, 0.1) is 18.0 Å². The van der Waals surface area contributed by atoms with Crippen LogP contribution in [0.15, 0.2) is 42.6 Å². The number of nitrogens with zero attached hydrogens (tertiary/aromatic N) is 4. The van der Waals surface area contributed by atoms with Crippen LogP contribution in [-0.4, -0.2) is 63.9 Å². The molecule has 0 radical (unpaired) electrons. The van der Waals surface area contributed by atoms with Crippen molar-refractivity contribution in [2.24, 2.45) is 0 Å². The SMILES string of the molecule is N#CCC1(N2CCC(N[C@@H]3C[C@H]3c3ccccc3)CC2)CN(C(=O)c2ccns2)C1. The molecule has 1 amide bonds. The summed E-state index contributed by atoms with van der Waals surface area (Å²) < 4.78 is 4.03. The fraction of sp³-hybridized carbons (Fsp3) is 0.522. The highest BCUT2D eigenvalue weighted by Crippen LogP contribution is 2.42. The van der Waals surface area contributed by atoms with Gasteiger partial charge in [-0.1, -0.05) is 30.3 Å². The van der Waals surface area contributed by atoms with Crippen LogP contribution in [0, 0.1) is 11.3 Å². The average Bonchev–Trinajstić information content (AvgIpc) is 3.29. The topological polar surface area (TPSA) is 72.3 Å². The molecule has 3 fully saturated rings. The van der Waals surface area contributed by atoms with E-state index in [9.17, 15) is 10.1 Å². The zero-order valence-corrected chi connectivity index (χ0v) is 17.9. The Morgan fingerprint density at radius 3 is 2.67 bits per heavy atom.